The number of carboxylic acids is 1. The second-order valence-electron chi connectivity index (χ2n) is 4.59. The summed E-state index contributed by atoms with van der Waals surface area (Å²) in [4.78, 5) is 24.9. The van der Waals surface area contributed by atoms with Crippen LogP contribution >= 0.6 is 0 Å². The number of carboxylic acid groups (broad SMARTS) is 1. The molecule has 0 spiro atoms. The van der Waals surface area contributed by atoms with Gasteiger partial charge in [0, 0.05) is 12.2 Å². The highest BCUT2D eigenvalue weighted by Gasteiger charge is 2.22. The summed E-state index contributed by atoms with van der Waals surface area (Å²) in [6, 6.07) is 8.07. The predicted molar refractivity (Wildman–Crippen MR) is 78.9 cm³/mol. The molecule has 20 heavy (non-hydrogen) atoms. The molecule has 0 aliphatic carbocycles. The largest absolute Gasteiger partial charge is 0.480 e. The molecule has 1 rings (SSSR count). The Morgan fingerprint density at radius 3 is 2.40 bits per heavy atom. The SMILES string of the molecule is CCCCN(C(=O)NC(CC)C(=O)O)c1ccccc1. The molecule has 0 bridgehead atoms. The van der Waals surface area contributed by atoms with Crippen LogP contribution in [0.5, 0.6) is 0 Å². The van der Waals surface area contributed by atoms with Crippen molar-refractivity contribution in [3.05, 3.63) is 30.3 Å². The summed E-state index contributed by atoms with van der Waals surface area (Å²) in [6.45, 7) is 4.35. The van der Waals surface area contributed by atoms with Gasteiger partial charge in [0.2, 0.25) is 0 Å². The van der Waals surface area contributed by atoms with E-state index in [4.69, 9.17) is 5.11 Å². The highest BCUT2D eigenvalue weighted by molar-refractivity contribution is 5.94. The molecule has 5 nitrogen and oxygen atoms in total. The first-order valence-electron chi connectivity index (χ1n) is 6.96. The molecule has 1 atom stereocenters. The van der Waals surface area contributed by atoms with Gasteiger partial charge in [0.1, 0.15) is 6.04 Å². The smallest absolute Gasteiger partial charge is 0.326 e. The van der Waals surface area contributed by atoms with Gasteiger partial charge in [-0.15, -0.1) is 0 Å². The minimum absolute atomic E-state index is 0.359. The van der Waals surface area contributed by atoms with Gasteiger partial charge in [0.15, 0.2) is 0 Å². The molecule has 0 saturated heterocycles. The van der Waals surface area contributed by atoms with E-state index in [9.17, 15) is 9.59 Å². The summed E-state index contributed by atoms with van der Waals surface area (Å²) >= 11 is 0. The molecule has 0 radical (unpaired) electrons. The van der Waals surface area contributed by atoms with E-state index < -0.39 is 12.0 Å². The normalized spacial score (nSPS) is 11.7. The number of nitrogens with one attached hydrogen (secondary N) is 1. The lowest BCUT2D eigenvalue weighted by molar-refractivity contribution is -0.139. The second kappa shape index (κ2) is 8.19. The van der Waals surface area contributed by atoms with Gasteiger partial charge in [-0.25, -0.2) is 9.59 Å². The molecule has 0 saturated carbocycles. The van der Waals surface area contributed by atoms with Gasteiger partial charge in [0.05, 0.1) is 0 Å². The molecule has 0 aromatic heterocycles. The number of para-hydroxylation sites is 1. The molecule has 0 fully saturated rings. The number of hydrogen-bond donors (Lipinski definition) is 2. The molecular formula is C15H22N2O3. The quantitative estimate of drug-likeness (QED) is 0.805. The van der Waals surface area contributed by atoms with Crippen LogP contribution in [0.15, 0.2) is 30.3 Å². The van der Waals surface area contributed by atoms with Crippen LogP contribution in [-0.2, 0) is 4.79 Å². The van der Waals surface area contributed by atoms with Gasteiger partial charge < -0.3 is 10.4 Å². The van der Waals surface area contributed by atoms with Crippen molar-refractivity contribution in [3.8, 4) is 0 Å². The first kappa shape index (κ1) is 16.0. The van der Waals surface area contributed by atoms with Crippen molar-refractivity contribution in [1.29, 1.82) is 0 Å². The van der Waals surface area contributed by atoms with Crippen molar-refractivity contribution in [1.82, 2.24) is 5.32 Å². The number of aliphatic carboxylic acids is 1. The van der Waals surface area contributed by atoms with Gasteiger partial charge in [-0.1, -0.05) is 38.5 Å². The van der Waals surface area contributed by atoms with Gasteiger partial charge in [0.25, 0.3) is 0 Å². The maximum atomic E-state index is 12.3. The number of nitrogens with zero attached hydrogens (tertiary/aromatic N) is 1. The lowest BCUT2D eigenvalue weighted by Gasteiger charge is -2.25. The van der Waals surface area contributed by atoms with E-state index in [2.05, 4.69) is 5.32 Å². The molecule has 0 heterocycles. The Morgan fingerprint density at radius 1 is 1.25 bits per heavy atom. The Labute approximate surface area is 119 Å². The summed E-state index contributed by atoms with van der Waals surface area (Å²) in [5.41, 5.74) is 0.777. The third-order valence-electron chi connectivity index (χ3n) is 3.05. The predicted octanol–water partition coefficient (Wildman–Crippen LogP) is 2.87. The summed E-state index contributed by atoms with van der Waals surface area (Å²) in [5.74, 6) is -1.01. The van der Waals surface area contributed by atoms with Crippen molar-refractivity contribution < 1.29 is 14.7 Å². The number of urea groups is 1. The fraction of sp³-hybridized carbons (Fsp3) is 0.467. The Bertz CT molecular complexity index is 434. The van der Waals surface area contributed by atoms with E-state index in [1.807, 2.05) is 37.3 Å². The van der Waals surface area contributed by atoms with Crippen LogP contribution in [0.3, 0.4) is 0 Å². The van der Waals surface area contributed by atoms with Crippen molar-refractivity contribution in [2.24, 2.45) is 0 Å². The molecular weight excluding hydrogens is 256 g/mol. The second-order valence-corrected chi connectivity index (χ2v) is 4.59. The van der Waals surface area contributed by atoms with E-state index in [-0.39, 0.29) is 6.03 Å². The highest BCUT2D eigenvalue weighted by atomic mass is 16.4. The molecule has 1 aromatic carbocycles. The fourth-order valence-corrected chi connectivity index (χ4v) is 1.84. The summed E-state index contributed by atoms with van der Waals surface area (Å²) in [7, 11) is 0. The number of hydrogen-bond acceptors (Lipinski definition) is 2. The van der Waals surface area contributed by atoms with E-state index in [1.165, 1.54) is 0 Å². The summed E-state index contributed by atoms with van der Waals surface area (Å²) in [6.07, 6.45) is 2.19. The number of benzene rings is 1. The van der Waals surface area contributed by atoms with Crippen LogP contribution in [0.1, 0.15) is 33.1 Å². The zero-order valence-corrected chi connectivity index (χ0v) is 12.0. The first-order valence-corrected chi connectivity index (χ1v) is 6.96. The van der Waals surface area contributed by atoms with Gasteiger partial charge >= 0.3 is 12.0 Å². The fourth-order valence-electron chi connectivity index (χ4n) is 1.84. The van der Waals surface area contributed by atoms with Crippen LogP contribution in [0.4, 0.5) is 10.5 Å². The van der Waals surface area contributed by atoms with E-state index in [0.717, 1.165) is 18.5 Å². The number of rotatable bonds is 7. The van der Waals surface area contributed by atoms with Crippen LogP contribution in [0.25, 0.3) is 0 Å². The van der Waals surface area contributed by atoms with Crippen molar-refractivity contribution in [3.63, 3.8) is 0 Å². The number of carbonyl (C=O) groups is 2. The minimum atomic E-state index is -1.01. The van der Waals surface area contributed by atoms with Crippen LogP contribution in [0, 0.1) is 0 Å². The average molecular weight is 278 g/mol. The summed E-state index contributed by atoms with van der Waals surface area (Å²) in [5, 5.41) is 11.6. The van der Waals surface area contributed by atoms with Crippen molar-refractivity contribution >= 4 is 17.7 Å². The van der Waals surface area contributed by atoms with Crippen LogP contribution in [0.2, 0.25) is 0 Å². The standard InChI is InChI=1S/C15H22N2O3/c1-3-5-11-17(12-9-7-6-8-10-12)15(20)16-13(4-2)14(18)19/h6-10,13H,3-5,11H2,1-2H3,(H,16,20)(H,18,19). The molecule has 1 aromatic rings. The maximum absolute atomic E-state index is 12.3. The molecule has 2 N–H and O–H groups in total. The zero-order chi connectivity index (χ0) is 15.0. The van der Waals surface area contributed by atoms with E-state index >= 15 is 0 Å². The highest BCUT2D eigenvalue weighted by Crippen LogP contribution is 2.14. The van der Waals surface area contributed by atoms with Gasteiger partial charge in [-0.05, 0) is 25.0 Å². The number of carbonyl (C=O) groups excluding carboxylic acids is 1. The lowest BCUT2D eigenvalue weighted by Crippen LogP contribution is -2.48. The van der Waals surface area contributed by atoms with E-state index in [1.54, 1.807) is 11.8 Å². The minimum Gasteiger partial charge on any atom is -0.480 e. The Hall–Kier alpha value is -2.04. The molecule has 2 amide bonds. The molecule has 0 aliphatic rings. The van der Waals surface area contributed by atoms with E-state index in [0.29, 0.717) is 13.0 Å². The third-order valence-corrected chi connectivity index (χ3v) is 3.05. The Balaban J connectivity index is 2.82. The summed E-state index contributed by atoms with van der Waals surface area (Å²) < 4.78 is 0. The van der Waals surface area contributed by atoms with Gasteiger partial charge in [-0.2, -0.15) is 0 Å². The maximum Gasteiger partial charge on any atom is 0.326 e. The molecule has 0 aliphatic heterocycles. The monoisotopic (exact) mass is 278 g/mol. The number of unbranched alkanes of at least 4 members (excludes halogenated alkanes) is 1. The third kappa shape index (κ3) is 4.57. The van der Waals surface area contributed by atoms with Gasteiger partial charge in [-0.3, -0.25) is 4.90 Å². The zero-order valence-electron chi connectivity index (χ0n) is 12.0. The number of anilines is 1. The van der Waals surface area contributed by atoms with Crippen molar-refractivity contribution in [2.45, 2.75) is 39.2 Å². The molecule has 5 heteroatoms. The Morgan fingerprint density at radius 2 is 1.90 bits per heavy atom. The lowest BCUT2D eigenvalue weighted by atomic mass is 10.2. The van der Waals surface area contributed by atoms with Crippen LogP contribution in [-0.4, -0.2) is 29.7 Å². The average Bonchev–Trinajstić information content (AvgIpc) is 2.46. The topological polar surface area (TPSA) is 69.6 Å². The van der Waals surface area contributed by atoms with Crippen LogP contribution < -0.4 is 10.2 Å². The Kier molecular flexibility index (Phi) is 6.56. The number of amides is 2. The van der Waals surface area contributed by atoms with Crippen molar-refractivity contribution in [2.75, 3.05) is 11.4 Å². The first-order chi connectivity index (χ1) is 9.60. The molecule has 110 valence electrons. The molecule has 1 unspecified atom stereocenters.